The maximum atomic E-state index is 11.3. The molecule has 0 aliphatic heterocycles. The second-order valence-electron chi connectivity index (χ2n) is 4.54. The molecule has 1 unspecified atom stereocenters. The highest BCUT2D eigenvalue weighted by molar-refractivity contribution is 5.67. The maximum Gasteiger partial charge on any atom is 0.407 e. The fraction of sp³-hybridized carbons (Fsp3) is 0.545. The van der Waals surface area contributed by atoms with E-state index in [0.29, 0.717) is 0 Å². The van der Waals surface area contributed by atoms with Crippen LogP contribution < -0.4 is 5.32 Å². The molecule has 0 saturated heterocycles. The van der Waals surface area contributed by atoms with Crippen LogP contribution in [0.1, 0.15) is 32.4 Å². The number of carbonyl (C=O) groups is 1. The van der Waals surface area contributed by atoms with Crippen LogP contribution in [0.25, 0.3) is 0 Å². The minimum absolute atomic E-state index is 0.132. The Morgan fingerprint density at radius 2 is 2.31 bits per heavy atom. The summed E-state index contributed by atoms with van der Waals surface area (Å²) in [5, 5.41) is 12.2. The quantitative estimate of drug-likeness (QED) is 0.732. The van der Waals surface area contributed by atoms with Crippen molar-refractivity contribution in [2.45, 2.75) is 32.5 Å². The smallest absolute Gasteiger partial charge is 0.407 e. The van der Waals surface area contributed by atoms with Crippen LogP contribution in [0.3, 0.4) is 0 Å². The Morgan fingerprint density at radius 1 is 1.62 bits per heavy atom. The molecule has 5 nitrogen and oxygen atoms in total. The number of hydrogen-bond acceptors (Lipinski definition) is 3. The van der Waals surface area contributed by atoms with Crippen molar-refractivity contribution in [1.29, 1.82) is 0 Å². The average Bonchev–Trinajstić information content (AvgIpc) is 2.64. The van der Waals surface area contributed by atoms with Gasteiger partial charge in [-0.2, -0.15) is 0 Å². The third-order valence-corrected chi connectivity index (χ3v) is 1.85. The number of H-pyrrole nitrogens is 1. The molecule has 0 aromatic carbocycles. The zero-order chi connectivity index (χ0) is 12.2. The van der Waals surface area contributed by atoms with Crippen LogP contribution in [0.2, 0.25) is 0 Å². The molecule has 0 aliphatic rings. The number of aromatic nitrogens is 1. The standard InChI is InChI=1S/C11H18N2O3/c1-11(2,3)16-10(15)13-7-9(14)8-4-5-12-6-8/h4-6,9,12,14H,7H2,1-3H3,(H,13,15). The molecular weight excluding hydrogens is 208 g/mol. The summed E-state index contributed by atoms with van der Waals surface area (Å²) in [7, 11) is 0. The van der Waals surface area contributed by atoms with Gasteiger partial charge < -0.3 is 20.1 Å². The lowest BCUT2D eigenvalue weighted by Crippen LogP contribution is -2.34. The number of nitrogens with one attached hydrogen (secondary N) is 2. The summed E-state index contributed by atoms with van der Waals surface area (Å²) < 4.78 is 5.04. The van der Waals surface area contributed by atoms with Crippen molar-refractivity contribution in [3.8, 4) is 0 Å². The maximum absolute atomic E-state index is 11.3. The third-order valence-electron chi connectivity index (χ3n) is 1.85. The summed E-state index contributed by atoms with van der Waals surface area (Å²) in [5.41, 5.74) is 0.208. The zero-order valence-corrected chi connectivity index (χ0v) is 9.78. The van der Waals surface area contributed by atoms with Gasteiger partial charge in [0.2, 0.25) is 0 Å². The van der Waals surface area contributed by atoms with Gasteiger partial charge in [-0.1, -0.05) is 0 Å². The van der Waals surface area contributed by atoms with E-state index in [2.05, 4.69) is 10.3 Å². The van der Waals surface area contributed by atoms with Gasteiger partial charge in [0.25, 0.3) is 0 Å². The largest absolute Gasteiger partial charge is 0.444 e. The van der Waals surface area contributed by atoms with E-state index >= 15 is 0 Å². The second-order valence-corrected chi connectivity index (χ2v) is 4.54. The Labute approximate surface area is 94.8 Å². The number of hydrogen-bond donors (Lipinski definition) is 3. The van der Waals surface area contributed by atoms with Gasteiger partial charge in [-0.3, -0.25) is 0 Å². The number of ether oxygens (including phenoxy) is 1. The van der Waals surface area contributed by atoms with E-state index in [-0.39, 0.29) is 6.54 Å². The van der Waals surface area contributed by atoms with Gasteiger partial charge in [0, 0.05) is 12.4 Å². The van der Waals surface area contributed by atoms with Gasteiger partial charge in [-0.05, 0) is 32.4 Å². The van der Waals surface area contributed by atoms with E-state index < -0.39 is 17.8 Å². The predicted octanol–water partition coefficient (Wildman–Crippen LogP) is 1.57. The van der Waals surface area contributed by atoms with Gasteiger partial charge in [0.05, 0.1) is 12.6 Å². The summed E-state index contributed by atoms with van der Waals surface area (Å²) in [4.78, 5) is 14.1. The highest BCUT2D eigenvalue weighted by Crippen LogP contribution is 2.10. The molecule has 1 heterocycles. The van der Waals surface area contributed by atoms with Crippen LogP contribution >= 0.6 is 0 Å². The highest BCUT2D eigenvalue weighted by atomic mass is 16.6. The van der Waals surface area contributed by atoms with Crippen LogP contribution in [0.15, 0.2) is 18.5 Å². The zero-order valence-electron chi connectivity index (χ0n) is 9.78. The SMILES string of the molecule is CC(C)(C)OC(=O)NCC(O)c1cc[nH]c1. The molecule has 0 bridgehead atoms. The Balaban J connectivity index is 2.32. The van der Waals surface area contributed by atoms with Gasteiger partial charge in [-0.15, -0.1) is 0 Å². The van der Waals surface area contributed by atoms with E-state index in [0.717, 1.165) is 5.56 Å². The monoisotopic (exact) mass is 226 g/mol. The molecule has 3 N–H and O–H groups in total. The molecule has 1 atom stereocenters. The first kappa shape index (κ1) is 12.6. The molecule has 1 aromatic heterocycles. The predicted molar refractivity (Wildman–Crippen MR) is 60.0 cm³/mol. The van der Waals surface area contributed by atoms with Gasteiger partial charge >= 0.3 is 6.09 Å². The van der Waals surface area contributed by atoms with E-state index in [1.54, 1.807) is 39.2 Å². The number of aliphatic hydroxyl groups excluding tert-OH is 1. The van der Waals surface area contributed by atoms with E-state index in [9.17, 15) is 9.90 Å². The lowest BCUT2D eigenvalue weighted by Gasteiger charge is -2.20. The van der Waals surface area contributed by atoms with Crippen molar-refractivity contribution in [1.82, 2.24) is 10.3 Å². The molecule has 0 fully saturated rings. The summed E-state index contributed by atoms with van der Waals surface area (Å²) in [5.74, 6) is 0. The summed E-state index contributed by atoms with van der Waals surface area (Å²) >= 11 is 0. The van der Waals surface area contributed by atoms with Gasteiger partial charge in [0.15, 0.2) is 0 Å². The van der Waals surface area contributed by atoms with E-state index in [4.69, 9.17) is 4.74 Å². The van der Waals surface area contributed by atoms with Crippen LogP contribution in [0.5, 0.6) is 0 Å². The summed E-state index contributed by atoms with van der Waals surface area (Å²) in [6, 6.07) is 1.75. The van der Waals surface area contributed by atoms with Crippen LogP contribution in [0, 0.1) is 0 Å². The van der Waals surface area contributed by atoms with Crippen LogP contribution in [-0.2, 0) is 4.74 Å². The first-order valence-corrected chi connectivity index (χ1v) is 5.16. The molecule has 0 aliphatic carbocycles. The molecule has 0 saturated carbocycles. The van der Waals surface area contributed by atoms with Crippen LogP contribution in [-0.4, -0.2) is 28.3 Å². The van der Waals surface area contributed by atoms with Crippen LogP contribution in [0.4, 0.5) is 4.79 Å². The number of aromatic amines is 1. The third kappa shape index (κ3) is 4.35. The lowest BCUT2D eigenvalue weighted by atomic mass is 10.2. The highest BCUT2D eigenvalue weighted by Gasteiger charge is 2.17. The van der Waals surface area contributed by atoms with Gasteiger partial charge in [-0.25, -0.2) is 4.79 Å². The van der Waals surface area contributed by atoms with Crippen molar-refractivity contribution < 1.29 is 14.6 Å². The number of rotatable bonds is 3. The average molecular weight is 226 g/mol. The van der Waals surface area contributed by atoms with Gasteiger partial charge in [0.1, 0.15) is 5.60 Å². The number of aliphatic hydroxyl groups is 1. The minimum atomic E-state index is -0.723. The Morgan fingerprint density at radius 3 is 2.81 bits per heavy atom. The van der Waals surface area contributed by atoms with Crippen molar-refractivity contribution in [3.05, 3.63) is 24.0 Å². The molecule has 16 heavy (non-hydrogen) atoms. The fourth-order valence-electron chi connectivity index (χ4n) is 1.16. The Bertz CT molecular complexity index is 327. The van der Waals surface area contributed by atoms with Crippen molar-refractivity contribution in [2.75, 3.05) is 6.54 Å². The van der Waals surface area contributed by atoms with Crippen molar-refractivity contribution in [2.24, 2.45) is 0 Å². The van der Waals surface area contributed by atoms with Crippen molar-refractivity contribution >= 4 is 6.09 Å². The first-order valence-electron chi connectivity index (χ1n) is 5.16. The molecule has 5 heteroatoms. The fourth-order valence-corrected chi connectivity index (χ4v) is 1.16. The number of amides is 1. The number of carbonyl (C=O) groups excluding carboxylic acids is 1. The molecule has 1 aromatic rings. The van der Waals surface area contributed by atoms with E-state index in [1.807, 2.05) is 0 Å². The summed E-state index contributed by atoms with van der Waals surface area (Å²) in [6.07, 6.45) is 2.15. The number of alkyl carbamates (subject to hydrolysis) is 1. The van der Waals surface area contributed by atoms with Crippen molar-refractivity contribution in [3.63, 3.8) is 0 Å². The molecule has 1 amide bonds. The normalized spacial score (nSPS) is 13.2. The lowest BCUT2D eigenvalue weighted by molar-refractivity contribution is 0.0492. The molecule has 0 radical (unpaired) electrons. The first-order chi connectivity index (χ1) is 7.38. The Hall–Kier alpha value is -1.49. The summed E-state index contributed by atoms with van der Waals surface area (Å²) in [6.45, 7) is 5.49. The van der Waals surface area contributed by atoms with E-state index in [1.165, 1.54) is 0 Å². The molecule has 90 valence electrons. The Kier molecular flexibility index (Phi) is 3.95. The molecular formula is C11H18N2O3. The molecule has 1 rings (SSSR count). The minimum Gasteiger partial charge on any atom is -0.444 e. The molecule has 0 spiro atoms. The topological polar surface area (TPSA) is 74.3 Å². The second kappa shape index (κ2) is 5.03.